The number of carbonyl (C=O) groups is 2. The number of anilines is 2. The van der Waals surface area contributed by atoms with Gasteiger partial charge in [-0.3, -0.25) is 24.5 Å². The summed E-state index contributed by atoms with van der Waals surface area (Å²) in [5, 5.41) is 13.9. The van der Waals surface area contributed by atoms with Crippen molar-refractivity contribution in [2.75, 3.05) is 24.2 Å². The van der Waals surface area contributed by atoms with Crippen LogP contribution in [0.5, 0.6) is 11.5 Å². The lowest BCUT2D eigenvalue weighted by molar-refractivity contribution is -0.385. The summed E-state index contributed by atoms with van der Waals surface area (Å²) in [6.07, 6.45) is -1.24. The van der Waals surface area contributed by atoms with Crippen LogP contribution in [0.4, 0.5) is 17.1 Å². The van der Waals surface area contributed by atoms with E-state index in [2.05, 4.69) is 0 Å². The van der Waals surface area contributed by atoms with E-state index in [4.69, 9.17) is 37.5 Å². The molecule has 190 valence electrons. The molecule has 0 radical (unpaired) electrons. The van der Waals surface area contributed by atoms with Crippen molar-refractivity contribution in [2.45, 2.75) is 12.1 Å². The molecule has 2 heterocycles. The third kappa shape index (κ3) is 4.03. The first-order chi connectivity index (χ1) is 17.8. The molecule has 37 heavy (non-hydrogen) atoms. The third-order valence-corrected chi connectivity index (χ3v) is 7.07. The zero-order valence-corrected chi connectivity index (χ0v) is 21.0. The van der Waals surface area contributed by atoms with Crippen LogP contribution in [-0.4, -0.2) is 37.1 Å². The number of rotatable bonds is 6. The van der Waals surface area contributed by atoms with Gasteiger partial charge in [-0.25, -0.2) is 9.96 Å². The molecule has 0 aliphatic carbocycles. The fourth-order valence-electron chi connectivity index (χ4n) is 4.69. The summed E-state index contributed by atoms with van der Waals surface area (Å²) in [5.41, 5.74) is 0.527. The molecule has 0 saturated carbocycles. The molecule has 2 saturated heterocycles. The Balaban J connectivity index is 1.68. The summed E-state index contributed by atoms with van der Waals surface area (Å²) in [6, 6.07) is 14.7. The molecule has 0 N–H and O–H groups in total. The maximum atomic E-state index is 13.8. The van der Waals surface area contributed by atoms with Gasteiger partial charge in [-0.2, -0.15) is 0 Å². The molecule has 0 aromatic heterocycles. The van der Waals surface area contributed by atoms with Crippen LogP contribution in [0.15, 0.2) is 60.7 Å². The number of methoxy groups -OCH3 is 2. The lowest BCUT2D eigenvalue weighted by Crippen LogP contribution is -2.37. The third-order valence-electron chi connectivity index (χ3n) is 6.34. The second-order valence-corrected chi connectivity index (χ2v) is 9.11. The first kappa shape index (κ1) is 24.8. The van der Waals surface area contributed by atoms with Gasteiger partial charge in [0.1, 0.15) is 12.0 Å². The largest absolute Gasteiger partial charge is 0.493 e. The number of amides is 2. The Kier molecular flexibility index (Phi) is 6.40. The van der Waals surface area contributed by atoms with E-state index in [1.54, 1.807) is 30.3 Å². The molecule has 5 rings (SSSR count). The van der Waals surface area contributed by atoms with Gasteiger partial charge in [0.15, 0.2) is 17.6 Å². The van der Waals surface area contributed by atoms with Crippen molar-refractivity contribution < 1.29 is 28.8 Å². The summed E-state index contributed by atoms with van der Waals surface area (Å²) in [5.74, 6) is -1.97. The van der Waals surface area contributed by atoms with Crippen molar-refractivity contribution >= 4 is 52.1 Å². The first-order valence-electron chi connectivity index (χ1n) is 11.0. The Morgan fingerprint density at radius 3 is 2.19 bits per heavy atom. The number of hydroxylamine groups is 1. The van der Waals surface area contributed by atoms with Gasteiger partial charge >= 0.3 is 0 Å². The van der Waals surface area contributed by atoms with Crippen LogP contribution >= 0.6 is 23.2 Å². The standard InChI is InChI=1S/C25H19Cl2N3O7/c1-35-19-11-15(18(30(33)34)12-20(19)36-2)22-21-23(37-29(22)13-6-4-3-5-7-13)25(32)28(24(21)31)14-8-9-16(26)17(27)10-14/h3-12,21-23H,1-2H3. The fourth-order valence-corrected chi connectivity index (χ4v) is 4.98. The molecule has 3 unspecified atom stereocenters. The van der Waals surface area contributed by atoms with Crippen molar-refractivity contribution in [3.05, 3.63) is 86.4 Å². The minimum absolute atomic E-state index is 0.121. The topological polar surface area (TPSA) is 111 Å². The van der Waals surface area contributed by atoms with Gasteiger partial charge in [0.05, 0.1) is 52.2 Å². The number of halogens is 2. The maximum absolute atomic E-state index is 13.8. The van der Waals surface area contributed by atoms with E-state index >= 15 is 0 Å². The molecular weight excluding hydrogens is 525 g/mol. The molecule has 2 amide bonds. The average molecular weight is 544 g/mol. The molecule has 0 spiro atoms. The van der Waals surface area contributed by atoms with Gasteiger partial charge in [-0.05, 0) is 36.4 Å². The molecule has 2 aliphatic heterocycles. The highest BCUT2D eigenvalue weighted by Gasteiger charge is 2.61. The van der Waals surface area contributed by atoms with Crippen molar-refractivity contribution in [3.8, 4) is 11.5 Å². The van der Waals surface area contributed by atoms with E-state index in [1.165, 1.54) is 49.6 Å². The Morgan fingerprint density at radius 1 is 0.892 bits per heavy atom. The van der Waals surface area contributed by atoms with Crippen LogP contribution < -0.4 is 19.4 Å². The Morgan fingerprint density at radius 2 is 1.57 bits per heavy atom. The van der Waals surface area contributed by atoms with Gasteiger partial charge in [0.25, 0.3) is 11.6 Å². The van der Waals surface area contributed by atoms with Crippen molar-refractivity contribution in [3.63, 3.8) is 0 Å². The Bertz CT molecular complexity index is 1420. The highest BCUT2D eigenvalue weighted by Crippen LogP contribution is 2.51. The number of nitrogens with zero attached hydrogens (tertiary/aromatic N) is 3. The average Bonchev–Trinajstić information content (AvgIpc) is 3.41. The maximum Gasteiger partial charge on any atom is 0.278 e. The van der Waals surface area contributed by atoms with Crippen LogP contribution in [0, 0.1) is 16.0 Å². The Hall–Kier alpha value is -3.86. The molecule has 2 aliphatic rings. The number of fused-ring (bicyclic) bond motifs is 1. The van der Waals surface area contributed by atoms with Gasteiger partial charge in [0.2, 0.25) is 5.91 Å². The number of benzene rings is 3. The second-order valence-electron chi connectivity index (χ2n) is 8.29. The number of nitro groups is 1. The molecular formula is C25H19Cl2N3O7. The number of hydrogen-bond donors (Lipinski definition) is 0. The summed E-state index contributed by atoms with van der Waals surface area (Å²) in [7, 11) is 2.76. The van der Waals surface area contributed by atoms with E-state index in [1.807, 2.05) is 0 Å². The number of para-hydroxylation sites is 1. The van der Waals surface area contributed by atoms with Crippen molar-refractivity contribution in [2.24, 2.45) is 5.92 Å². The molecule has 12 heteroatoms. The minimum atomic E-state index is -1.24. The summed E-state index contributed by atoms with van der Waals surface area (Å²) in [6.45, 7) is 0. The van der Waals surface area contributed by atoms with Crippen LogP contribution in [0.25, 0.3) is 0 Å². The molecule has 3 atom stereocenters. The fraction of sp³-hybridized carbons (Fsp3) is 0.200. The predicted octanol–water partition coefficient (Wildman–Crippen LogP) is 4.97. The number of nitro benzene ring substituents is 1. The predicted molar refractivity (Wildman–Crippen MR) is 135 cm³/mol. The van der Waals surface area contributed by atoms with E-state index in [0.717, 1.165) is 4.90 Å². The molecule has 0 bridgehead atoms. The second kappa shape index (κ2) is 9.55. The summed E-state index contributed by atoms with van der Waals surface area (Å²) < 4.78 is 10.6. The zero-order chi connectivity index (χ0) is 26.4. The summed E-state index contributed by atoms with van der Waals surface area (Å²) >= 11 is 12.1. The highest BCUT2D eigenvalue weighted by molar-refractivity contribution is 6.42. The van der Waals surface area contributed by atoms with Crippen LogP contribution in [0.1, 0.15) is 11.6 Å². The SMILES string of the molecule is COc1cc(C2C3C(=O)N(c4ccc(Cl)c(Cl)c4)C(=O)C3ON2c2ccccc2)c([N+](=O)[O-])cc1OC. The lowest BCUT2D eigenvalue weighted by atomic mass is 9.89. The van der Waals surface area contributed by atoms with Gasteiger partial charge in [0, 0.05) is 0 Å². The number of ether oxygens (including phenoxy) is 2. The number of hydrogen-bond acceptors (Lipinski definition) is 8. The van der Waals surface area contributed by atoms with Crippen molar-refractivity contribution in [1.82, 2.24) is 0 Å². The Labute approximate surface area is 220 Å². The number of carbonyl (C=O) groups excluding carboxylic acids is 2. The molecule has 3 aromatic rings. The lowest BCUT2D eigenvalue weighted by Gasteiger charge is -2.29. The van der Waals surface area contributed by atoms with Gasteiger partial charge in [-0.15, -0.1) is 0 Å². The van der Waals surface area contributed by atoms with Gasteiger partial charge < -0.3 is 9.47 Å². The van der Waals surface area contributed by atoms with Gasteiger partial charge in [-0.1, -0.05) is 41.4 Å². The minimum Gasteiger partial charge on any atom is -0.493 e. The van der Waals surface area contributed by atoms with Crippen LogP contribution in [-0.2, 0) is 14.4 Å². The molecule has 10 nitrogen and oxygen atoms in total. The molecule has 2 fully saturated rings. The molecule has 3 aromatic carbocycles. The highest BCUT2D eigenvalue weighted by atomic mass is 35.5. The smallest absolute Gasteiger partial charge is 0.278 e. The van der Waals surface area contributed by atoms with E-state index in [0.29, 0.717) is 5.69 Å². The summed E-state index contributed by atoms with van der Waals surface area (Å²) in [4.78, 5) is 45.9. The van der Waals surface area contributed by atoms with E-state index < -0.39 is 34.8 Å². The van der Waals surface area contributed by atoms with Crippen molar-refractivity contribution in [1.29, 1.82) is 0 Å². The van der Waals surface area contributed by atoms with E-state index in [9.17, 15) is 19.7 Å². The monoisotopic (exact) mass is 543 g/mol. The van der Waals surface area contributed by atoms with Crippen LogP contribution in [0.3, 0.4) is 0 Å². The van der Waals surface area contributed by atoms with Crippen LogP contribution in [0.2, 0.25) is 10.0 Å². The normalized spacial score (nSPS) is 20.8. The van der Waals surface area contributed by atoms with E-state index in [-0.39, 0.29) is 38.5 Å². The zero-order valence-electron chi connectivity index (χ0n) is 19.5. The number of imide groups is 1. The quantitative estimate of drug-likeness (QED) is 0.243. The first-order valence-corrected chi connectivity index (χ1v) is 11.8.